The number of rotatable bonds is 8. The second kappa shape index (κ2) is 11.4. The molecule has 1 aliphatic heterocycles. The first-order chi connectivity index (χ1) is 13.1. The van der Waals surface area contributed by atoms with Crippen molar-refractivity contribution in [1.29, 1.82) is 0 Å². The number of hydrogen-bond acceptors (Lipinski definition) is 2. The van der Waals surface area contributed by atoms with Gasteiger partial charge in [-0.05, 0) is 43.6 Å². The number of carbonyl (C=O) groups excluding carboxylic acids is 1. The van der Waals surface area contributed by atoms with Gasteiger partial charge < -0.3 is 15.1 Å². The van der Waals surface area contributed by atoms with Crippen molar-refractivity contribution in [3.8, 4) is 0 Å². The third-order valence-electron chi connectivity index (χ3n) is 5.21. The molecule has 1 aliphatic rings. The van der Waals surface area contributed by atoms with Gasteiger partial charge in [-0.15, -0.1) is 6.58 Å². The minimum absolute atomic E-state index is 0.161. The zero-order valence-corrected chi connectivity index (χ0v) is 16.9. The fraction of sp³-hybridized carbons (Fsp3) is 0.545. The molecule has 0 saturated carbocycles. The number of piperidine rings is 1. The van der Waals surface area contributed by atoms with Crippen molar-refractivity contribution in [2.45, 2.75) is 32.1 Å². The number of nitrogens with one attached hydrogen (secondary N) is 1. The first kappa shape index (κ1) is 21.0. The van der Waals surface area contributed by atoms with Crippen LogP contribution in [-0.2, 0) is 11.2 Å². The molecule has 1 amide bonds. The molecule has 1 saturated heterocycles. The van der Waals surface area contributed by atoms with E-state index >= 15 is 0 Å². The van der Waals surface area contributed by atoms with Crippen LogP contribution >= 0.6 is 0 Å². The Morgan fingerprint density at radius 2 is 2.04 bits per heavy atom. The normalized spacial score (nSPS) is 15.5. The molecular formula is C22H34N4O. The Labute approximate surface area is 164 Å². The van der Waals surface area contributed by atoms with Gasteiger partial charge in [0.1, 0.15) is 0 Å². The number of benzene rings is 1. The second-order valence-electron chi connectivity index (χ2n) is 7.27. The molecule has 1 aromatic carbocycles. The van der Waals surface area contributed by atoms with Crippen molar-refractivity contribution in [3.63, 3.8) is 0 Å². The van der Waals surface area contributed by atoms with E-state index in [1.807, 2.05) is 18.0 Å². The molecule has 0 atom stereocenters. The smallest absolute Gasteiger partial charge is 0.241 e. The topological polar surface area (TPSA) is 47.9 Å². The van der Waals surface area contributed by atoms with Gasteiger partial charge >= 0.3 is 0 Å². The number of hydrogen-bond donors (Lipinski definition) is 1. The first-order valence-corrected chi connectivity index (χ1v) is 9.98. The Bertz CT molecular complexity index is 606. The molecule has 148 valence electrons. The van der Waals surface area contributed by atoms with Gasteiger partial charge in [-0.1, -0.05) is 36.4 Å². The van der Waals surface area contributed by atoms with Gasteiger partial charge in [0.2, 0.25) is 5.91 Å². The number of allylic oxidation sites excluding steroid dienone is 1. The van der Waals surface area contributed by atoms with Gasteiger partial charge in [-0.3, -0.25) is 9.79 Å². The minimum atomic E-state index is 0.161. The number of unbranched alkanes of at least 4 members (excludes halogenated alkanes) is 1. The van der Waals surface area contributed by atoms with Gasteiger partial charge in [0.25, 0.3) is 0 Å². The molecule has 2 rings (SSSR count). The van der Waals surface area contributed by atoms with E-state index in [2.05, 4.69) is 52.1 Å². The average molecular weight is 371 g/mol. The summed E-state index contributed by atoms with van der Waals surface area (Å²) in [5.74, 6) is 1.60. The van der Waals surface area contributed by atoms with Crippen molar-refractivity contribution in [2.75, 3.05) is 40.3 Å². The molecule has 0 radical (unpaired) electrons. The molecule has 0 bridgehead atoms. The van der Waals surface area contributed by atoms with Crippen LogP contribution in [0.2, 0.25) is 0 Å². The lowest BCUT2D eigenvalue weighted by Crippen LogP contribution is -2.47. The molecule has 1 heterocycles. The second-order valence-corrected chi connectivity index (χ2v) is 7.27. The van der Waals surface area contributed by atoms with E-state index in [9.17, 15) is 4.79 Å². The summed E-state index contributed by atoms with van der Waals surface area (Å²) in [6.07, 6.45) is 7.22. The largest absolute Gasteiger partial charge is 0.347 e. The molecular weight excluding hydrogens is 336 g/mol. The fourth-order valence-electron chi connectivity index (χ4n) is 3.56. The first-order valence-electron chi connectivity index (χ1n) is 9.98. The molecule has 1 aromatic rings. The molecule has 0 aromatic heterocycles. The highest BCUT2D eigenvalue weighted by Crippen LogP contribution is 2.21. The summed E-state index contributed by atoms with van der Waals surface area (Å²) in [4.78, 5) is 20.9. The van der Waals surface area contributed by atoms with Crippen LogP contribution in [0, 0.1) is 5.92 Å². The molecule has 1 fully saturated rings. The van der Waals surface area contributed by atoms with Crippen LogP contribution in [0.3, 0.4) is 0 Å². The lowest BCUT2D eigenvalue weighted by molar-refractivity contribution is -0.131. The number of carbonyl (C=O) groups is 1. The van der Waals surface area contributed by atoms with E-state index in [0.29, 0.717) is 12.5 Å². The third-order valence-corrected chi connectivity index (χ3v) is 5.21. The number of amides is 1. The van der Waals surface area contributed by atoms with Crippen LogP contribution in [-0.4, -0.2) is 61.9 Å². The van der Waals surface area contributed by atoms with Crippen molar-refractivity contribution >= 4 is 11.9 Å². The van der Waals surface area contributed by atoms with Gasteiger partial charge in [-0.25, -0.2) is 0 Å². The molecule has 0 aliphatic carbocycles. The van der Waals surface area contributed by atoms with E-state index in [0.717, 1.165) is 57.7 Å². The van der Waals surface area contributed by atoms with Crippen LogP contribution in [0.1, 0.15) is 31.2 Å². The monoisotopic (exact) mass is 370 g/mol. The summed E-state index contributed by atoms with van der Waals surface area (Å²) < 4.78 is 0. The van der Waals surface area contributed by atoms with E-state index < -0.39 is 0 Å². The van der Waals surface area contributed by atoms with Gasteiger partial charge in [0.05, 0.1) is 6.54 Å². The SMILES string of the molecule is C=CCCCN(C)C(=NC)NCC(=O)N1CCC(Cc2ccccc2)CC1. The molecule has 5 nitrogen and oxygen atoms in total. The summed E-state index contributed by atoms with van der Waals surface area (Å²) in [5, 5.41) is 3.20. The van der Waals surface area contributed by atoms with Crippen LogP contribution in [0.25, 0.3) is 0 Å². The molecule has 5 heteroatoms. The van der Waals surface area contributed by atoms with E-state index in [1.165, 1.54) is 5.56 Å². The maximum absolute atomic E-state index is 12.5. The van der Waals surface area contributed by atoms with E-state index in [-0.39, 0.29) is 5.91 Å². The van der Waals surface area contributed by atoms with Crippen LogP contribution in [0.15, 0.2) is 48.0 Å². The van der Waals surface area contributed by atoms with E-state index in [1.54, 1.807) is 7.05 Å². The summed E-state index contributed by atoms with van der Waals surface area (Å²) in [6, 6.07) is 10.6. The van der Waals surface area contributed by atoms with Gasteiger partial charge in [-0.2, -0.15) is 0 Å². The van der Waals surface area contributed by atoms with Crippen LogP contribution < -0.4 is 5.32 Å². The predicted molar refractivity (Wildman–Crippen MR) is 113 cm³/mol. The highest BCUT2D eigenvalue weighted by molar-refractivity contribution is 5.86. The van der Waals surface area contributed by atoms with Crippen LogP contribution in [0.4, 0.5) is 0 Å². The third kappa shape index (κ3) is 7.08. The summed E-state index contributed by atoms with van der Waals surface area (Å²) in [6.45, 7) is 6.65. The molecule has 0 unspecified atom stereocenters. The number of likely N-dealkylation sites (tertiary alicyclic amines) is 1. The maximum atomic E-state index is 12.5. The predicted octanol–water partition coefficient (Wildman–Crippen LogP) is 2.94. The Balaban J connectivity index is 1.71. The van der Waals surface area contributed by atoms with Crippen molar-refractivity contribution < 1.29 is 4.79 Å². The van der Waals surface area contributed by atoms with Gasteiger partial charge in [0, 0.05) is 33.7 Å². The Morgan fingerprint density at radius 1 is 1.33 bits per heavy atom. The summed E-state index contributed by atoms with van der Waals surface area (Å²) in [7, 11) is 3.75. The van der Waals surface area contributed by atoms with Crippen molar-refractivity contribution in [3.05, 3.63) is 48.6 Å². The fourth-order valence-corrected chi connectivity index (χ4v) is 3.56. The summed E-state index contributed by atoms with van der Waals surface area (Å²) in [5.41, 5.74) is 1.40. The molecule has 1 N–H and O–H groups in total. The maximum Gasteiger partial charge on any atom is 0.241 e. The lowest BCUT2D eigenvalue weighted by Gasteiger charge is -2.32. The average Bonchev–Trinajstić information content (AvgIpc) is 2.70. The number of aliphatic imine (C=N–C) groups is 1. The lowest BCUT2D eigenvalue weighted by atomic mass is 9.90. The summed E-state index contributed by atoms with van der Waals surface area (Å²) >= 11 is 0. The Kier molecular flexibility index (Phi) is 8.89. The van der Waals surface area contributed by atoms with Crippen molar-refractivity contribution in [2.24, 2.45) is 10.9 Å². The highest BCUT2D eigenvalue weighted by atomic mass is 16.2. The highest BCUT2D eigenvalue weighted by Gasteiger charge is 2.23. The quantitative estimate of drug-likeness (QED) is 0.331. The van der Waals surface area contributed by atoms with Gasteiger partial charge in [0.15, 0.2) is 5.96 Å². The Morgan fingerprint density at radius 3 is 2.67 bits per heavy atom. The zero-order valence-electron chi connectivity index (χ0n) is 16.9. The zero-order chi connectivity index (χ0) is 19.5. The molecule has 27 heavy (non-hydrogen) atoms. The standard InChI is InChI=1S/C22H34N4O/c1-4-5-9-14-25(3)22(23-2)24-18-21(27)26-15-12-20(13-16-26)17-19-10-7-6-8-11-19/h4,6-8,10-11,20H,1,5,9,12-18H2,2-3H3,(H,23,24). The van der Waals surface area contributed by atoms with Crippen molar-refractivity contribution in [1.82, 2.24) is 15.1 Å². The minimum Gasteiger partial charge on any atom is -0.347 e. The number of guanidine groups is 1. The van der Waals surface area contributed by atoms with E-state index in [4.69, 9.17) is 0 Å². The molecule has 0 spiro atoms. The van der Waals surface area contributed by atoms with Crippen LogP contribution in [0.5, 0.6) is 0 Å². The number of nitrogens with zero attached hydrogens (tertiary/aromatic N) is 3. The Hall–Kier alpha value is -2.30.